The molecule has 0 bridgehead atoms. The molecule has 2 heterocycles. The molecule has 0 saturated carbocycles. The Morgan fingerprint density at radius 2 is 1.94 bits per heavy atom. The summed E-state index contributed by atoms with van der Waals surface area (Å²) in [5.41, 5.74) is 1.45. The zero-order valence-corrected chi connectivity index (χ0v) is 11.4. The third kappa shape index (κ3) is 2.87. The molecule has 4 heteroatoms. The Kier molecular flexibility index (Phi) is 3.54. The van der Waals surface area contributed by atoms with E-state index in [0.717, 1.165) is 38.7 Å². The Hall–Kier alpha value is -0.870. The van der Waals surface area contributed by atoms with Crippen molar-refractivity contribution in [2.45, 2.75) is 32.7 Å². The average molecular weight is 237 g/mol. The van der Waals surface area contributed by atoms with Gasteiger partial charge in [-0.2, -0.15) is 0 Å². The first-order valence-electron chi connectivity index (χ1n) is 6.29. The summed E-state index contributed by atoms with van der Waals surface area (Å²) in [7, 11) is 2.11. The lowest BCUT2D eigenvalue weighted by molar-refractivity contribution is 0.0326. The van der Waals surface area contributed by atoms with Crippen LogP contribution in [0.4, 0.5) is 0 Å². The molecule has 0 aliphatic carbocycles. The van der Waals surface area contributed by atoms with Crippen molar-refractivity contribution in [2.24, 2.45) is 7.05 Å². The molecule has 0 N–H and O–H groups in total. The first-order chi connectivity index (χ1) is 7.98. The van der Waals surface area contributed by atoms with Gasteiger partial charge >= 0.3 is 0 Å². The second-order valence-corrected chi connectivity index (χ2v) is 5.76. The van der Waals surface area contributed by atoms with Gasteiger partial charge in [-0.25, -0.2) is 4.98 Å². The van der Waals surface area contributed by atoms with Crippen LogP contribution >= 0.6 is 0 Å². The first kappa shape index (κ1) is 12.6. The van der Waals surface area contributed by atoms with Crippen molar-refractivity contribution < 1.29 is 4.74 Å². The third-order valence-electron chi connectivity index (χ3n) is 3.32. The van der Waals surface area contributed by atoms with Crippen LogP contribution < -0.4 is 0 Å². The zero-order chi connectivity index (χ0) is 12.5. The normalized spacial score (nSPS) is 18.6. The van der Waals surface area contributed by atoms with Gasteiger partial charge in [-0.15, -0.1) is 0 Å². The molecule has 1 aromatic heterocycles. The van der Waals surface area contributed by atoms with Crippen LogP contribution in [0.3, 0.4) is 0 Å². The molecule has 1 aliphatic rings. The topological polar surface area (TPSA) is 30.3 Å². The molecule has 0 spiro atoms. The minimum Gasteiger partial charge on any atom is -0.379 e. The fourth-order valence-corrected chi connectivity index (χ4v) is 2.25. The molecule has 0 atom stereocenters. The van der Waals surface area contributed by atoms with Gasteiger partial charge in [0.15, 0.2) is 0 Å². The molecule has 0 unspecified atom stereocenters. The van der Waals surface area contributed by atoms with Gasteiger partial charge in [-0.1, -0.05) is 20.8 Å². The Morgan fingerprint density at radius 1 is 1.29 bits per heavy atom. The highest BCUT2D eigenvalue weighted by atomic mass is 16.5. The van der Waals surface area contributed by atoms with E-state index in [1.807, 2.05) is 6.20 Å². The van der Waals surface area contributed by atoms with Crippen molar-refractivity contribution in [3.8, 4) is 0 Å². The summed E-state index contributed by atoms with van der Waals surface area (Å²) in [5.74, 6) is 1.15. The summed E-state index contributed by atoms with van der Waals surface area (Å²) in [6.45, 7) is 11.3. The second kappa shape index (κ2) is 4.78. The van der Waals surface area contributed by atoms with Crippen LogP contribution in [0, 0.1) is 0 Å². The average Bonchev–Trinajstić information content (AvgIpc) is 2.61. The van der Waals surface area contributed by atoms with Crippen LogP contribution in [-0.2, 0) is 23.7 Å². The minimum atomic E-state index is 0.158. The fourth-order valence-electron chi connectivity index (χ4n) is 2.25. The van der Waals surface area contributed by atoms with Crippen LogP contribution in [0.5, 0.6) is 0 Å². The monoisotopic (exact) mass is 237 g/mol. The number of hydrogen-bond donors (Lipinski definition) is 0. The van der Waals surface area contributed by atoms with Gasteiger partial charge in [0.2, 0.25) is 0 Å². The number of imidazole rings is 1. The predicted octanol–water partition coefficient (Wildman–Crippen LogP) is 1.55. The molecular weight excluding hydrogens is 214 g/mol. The molecule has 0 aromatic carbocycles. The SMILES string of the molecule is Cn1c(C(C)(C)C)cnc1CN1CCOCC1. The summed E-state index contributed by atoms with van der Waals surface area (Å²) in [4.78, 5) is 6.96. The molecule has 1 aliphatic heterocycles. The maximum Gasteiger partial charge on any atom is 0.122 e. The highest BCUT2D eigenvalue weighted by Gasteiger charge is 2.21. The molecule has 4 nitrogen and oxygen atoms in total. The fraction of sp³-hybridized carbons (Fsp3) is 0.769. The van der Waals surface area contributed by atoms with Gasteiger partial charge in [-0.05, 0) is 0 Å². The highest BCUT2D eigenvalue weighted by Crippen LogP contribution is 2.22. The number of rotatable bonds is 2. The van der Waals surface area contributed by atoms with Crippen molar-refractivity contribution >= 4 is 0 Å². The number of nitrogens with zero attached hydrogens (tertiary/aromatic N) is 3. The largest absolute Gasteiger partial charge is 0.379 e. The Morgan fingerprint density at radius 3 is 2.47 bits per heavy atom. The second-order valence-electron chi connectivity index (χ2n) is 5.76. The molecule has 0 radical (unpaired) electrons. The van der Waals surface area contributed by atoms with Crippen molar-refractivity contribution in [3.05, 3.63) is 17.7 Å². The maximum absolute atomic E-state index is 5.36. The van der Waals surface area contributed by atoms with Crippen molar-refractivity contribution in [1.82, 2.24) is 14.5 Å². The first-order valence-corrected chi connectivity index (χ1v) is 6.29. The smallest absolute Gasteiger partial charge is 0.122 e. The number of ether oxygens (including phenoxy) is 1. The molecule has 1 saturated heterocycles. The molecule has 17 heavy (non-hydrogen) atoms. The highest BCUT2D eigenvalue weighted by molar-refractivity contribution is 5.14. The van der Waals surface area contributed by atoms with Crippen molar-refractivity contribution in [2.75, 3.05) is 26.3 Å². The van der Waals surface area contributed by atoms with Crippen LogP contribution in [0.25, 0.3) is 0 Å². The molecule has 96 valence electrons. The molecular formula is C13H23N3O. The lowest BCUT2D eigenvalue weighted by atomic mass is 9.93. The van der Waals surface area contributed by atoms with Crippen LogP contribution in [0.15, 0.2) is 6.20 Å². The van der Waals surface area contributed by atoms with Gasteiger partial charge in [0.05, 0.1) is 19.8 Å². The van der Waals surface area contributed by atoms with Gasteiger partial charge in [0, 0.05) is 37.4 Å². The summed E-state index contributed by atoms with van der Waals surface area (Å²) in [6, 6.07) is 0. The van der Waals surface area contributed by atoms with Gasteiger partial charge in [0.1, 0.15) is 5.82 Å². The van der Waals surface area contributed by atoms with E-state index in [1.54, 1.807) is 0 Å². The molecule has 2 rings (SSSR count). The number of morpholine rings is 1. The lowest BCUT2D eigenvalue weighted by Crippen LogP contribution is -2.36. The lowest BCUT2D eigenvalue weighted by Gasteiger charge is -2.26. The van der Waals surface area contributed by atoms with E-state index in [2.05, 4.69) is 42.3 Å². The summed E-state index contributed by atoms with van der Waals surface area (Å²) in [5, 5.41) is 0. The van der Waals surface area contributed by atoms with Gasteiger partial charge < -0.3 is 9.30 Å². The van der Waals surface area contributed by atoms with E-state index in [4.69, 9.17) is 4.74 Å². The van der Waals surface area contributed by atoms with E-state index in [1.165, 1.54) is 5.69 Å². The zero-order valence-electron chi connectivity index (χ0n) is 11.4. The Balaban J connectivity index is 2.09. The van der Waals surface area contributed by atoms with Crippen LogP contribution in [0.2, 0.25) is 0 Å². The molecule has 0 amide bonds. The minimum absolute atomic E-state index is 0.158. The summed E-state index contributed by atoms with van der Waals surface area (Å²) >= 11 is 0. The predicted molar refractivity (Wildman–Crippen MR) is 68.0 cm³/mol. The summed E-state index contributed by atoms with van der Waals surface area (Å²) in [6.07, 6.45) is 2.01. The van der Waals surface area contributed by atoms with Crippen molar-refractivity contribution in [1.29, 1.82) is 0 Å². The quantitative estimate of drug-likeness (QED) is 0.782. The van der Waals surface area contributed by atoms with E-state index < -0.39 is 0 Å². The molecule has 1 aromatic rings. The van der Waals surface area contributed by atoms with Gasteiger partial charge in [0.25, 0.3) is 0 Å². The van der Waals surface area contributed by atoms with E-state index in [0.29, 0.717) is 0 Å². The Labute approximate surface area is 104 Å². The van der Waals surface area contributed by atoms with E-state index >= 15 is 0 Å². The van der Waals surface area contributed by atoms with Crippen LogP contribution in [0.1, 0.15) is 32.3 Å². The Bertz CT molecular complexity index is 373. The van der Waals surface area contributed by atoms with Gasteiger partial charge in [-0.3, -0.25) is 4.90 Å². The summed E-state index contributed by atoms with van der Waals surface area (Å²) < 4.78 is 7.59. The standard InChI is InChI=1S/C13H23N3O/c1-13(2,3)11-9-14-12(15(11)4)10-16-5-7-17-8-6-16/h9H,5-8,10H2,1-4H3. The van der Waals surface area contributed by atoms with E-state index in [9.17, 15) is 0 Å². The molecule has 1 fully saturated rings. The van der Waals surface area contributed by atoms with Crippen molar-refractivity contribution in [3.63, 3.8) is 0 Å². The van der Waals surface area contributed by atoms with E-state index in [-0.39, 0.29) is 5.41 Å². The van der Waals surface area contributed by atoms with Crippen LogP contribution in [-0.4, -0.2) is 40.8 Å². The number of aromatic nitrogens is 2. The third-order valence-corrected chi connectivity index (χ3v) is 3.32. The maximum atomic E-state index is 5.36. The number of hydrogen-bond acceptors (Lipinski definition) is 3.